The molecule has 0 aliphatic carbocycles. The zero-order chi connectivity index (χ0) is 27.9. The molecule has 39 heavy (non-hydrogen) atoms. The predicted molar refractivity (Wildman–Crippen MR) is 146 cm³/mol. The van der Waals surface area contributed by atoms with E-state index < -0.39 is 17.9 Å². The van der Waals surface area contributed by atoms with Gasteiger partial charge in [-0.3, -0.25) is 10.1 Å². The maximum absolute atomic E-state index is 12.7. The van der Waals surface area contributed by atoms with Gasteiger partial charge in [-0.15, -0.1) is 5.10 Å². The topological polar surface area (TPSA) is 171 Å². The summed E-state index contributed by atoms with van der Waals surface area (Å²) in [5.41, 5.74) is 8.95. The maximum Gasteiger partial charge on any atom is 0.326 e. The Hall–Kier alpha value is -4.92. The van der Waals surface area contributed by atoms with Crippen LogP contribution in [0.15, 0.2) is 77.9 Å². The summed E-state index contributed by atoms with van der Waals surface area (Å²) < 4.78 is 1.58. The third-order valence-electron chi connectivity index (χ3n) is 5.52. The Morgan fingerprint density at radius 1 is 1.08 bits per heavy atom. The molecular weight excluding hydrogens is 543 g/mol. The van der Waals surface area contributed by atoms with Crippen molar-refractivity contribution in [2.75, 3.05) is 0 Å². The fourth-order valence-electron chi connectivity index (χ4n) is 3.62. The molecule has 11 nitrogen and oxygen atoms in total. The highest BCUT2D eigenvalue weighted by atomic mass is 35.5. The minimum atomic E-state index is -1.20. The molecule has 1 aromatic heterocycles. The lowest BCUT2D eigenvalue weighted by atomic mass is 10.0. The molecule has 5 N–H and O–H groups in total. The lowest BCUT2D eigenvalue weighted by molar-refractivity contribution is -0.139. The molecule has 1 amide bonds. The average Bonchev–Trinajstić information content (AvgIpc) is 3.39. The van der Waals surface area contributed by atoms with Crippen LogP contribution in [0.3, 0.4) is 0 Å². The van der Waals surface area contributed by atoms with Crippen molar-refractivity contribution in [3.63, 3.8) is 0 Å². The van der Waals surface area contributed by atoms with Gasteiger partial charge >= 0.3 is 5.97 Å². The molecule has 13 heteroatoms. The summed E-state index contributed by atoms with van der Waals surface area (Å²) in [6.07, 6.45) is 3.48. The number of hydrogen-bond acceptors (Lipinski definition) is 6. The van der Waals surface area contributed by atoms with Gasteiger partial charge in [-0.2, -0.15) is 5.26 Å². The molecule has 0 radical (unpaired) electrons. The molecule has 0 saturated carbocycles. The van der Waals surface area contributed by atoms with Gasteiger partial charge in [0.15, 0.2) is 6.19 Å². The van der Waals surface area contributed by atoms with Gasteiger partial charge in [0.2, 0.25) is 5.96 Å². The van der Waals surface area contributed by atoms with E-state index in [-0.39, 0.29) is 28.0 Å². The molecule has 4 rings (SSSR count). The fraction of sp³-hybridized carbons (Fsp3) is 0.0769. The number of guanidine groups is 1. The van der Waals surface area contributed by atoms with Gasteiger partial charge in [0.05, 0.1) is 33.2 Å². The molecule has 0 aliphatic rings. The molecular formula is C26H20Cl2N8O3. The van der Waals surface area contributed by atoms with Crippen LogP contribution >= 0.6 is 23.2 Å². The van der Waals surface area contributed by atoms with Gasteiger partial charge in [0.1, 0.15) is 11.7 Å². The number of nitriles is 1. The first-order valence-electron chi connectivity index (χ1n) is 11.3. The number of carbonyl (C=O) groups is 2. The van der Waals surface area contributed by atoms with Crippen LogP contribution in [0.25, 0.3) is 16.9 Å². The highest BCUT2D eigenvalue weighted by Gasteiger charge is 2.24. The third-order valence-corrected chi connectivity index (χ3v) is 6.15. The number of benzene rings is 3. The van der Waals surface area contributed by atoms with Crippen molar-refractivity contribution < 1.29 is 14.7 Å². The first-order valence-corrected chi connectivity index (χ1v) is 12.1. The number of halogens is 2. The van der Waals surface area contributed by atoms with Crippen molar-refractivity contribution in [2.45, 2.75) is 12.5 Å². The summed E-state index contributed by atoms with van der Waals surface area (Å²) in [6, 6.07) is 17.5. The second kappa shape index (κ2) is 12.1. The Morgan fingerprint density at radius 2 is 1.74 bits per heavy atom. The quantitative estimate of drug-likeness (QED) is 0.109. The van der Waals surface area contributed by atoms with Gasteiger partial charge in [0, 0.05) is 12.0 Å². The lowest BCUT2D eigenvalue weighted by Crippen LogP contribution is -2.42. The summed E-state index contributed by atoms with van der Waals surface area (Å²) >= 11 is 12.1. The number of aromatic nitrogens is 3. The Morgan fingerprint density at radius 3 is 2.36 bits per heavy atom. The zero-order valence-electron chi connectivity index (χ0n) is 20.0. The summed E-state index contributed by atoms with van der Waals surface area (Å²) in [6.45, 7) is 0. The van der Waals surface area contributed by atoms with Crippen molar-refractivity contribution in [2.24, 2.45) is 10.7 Å². The molecule has 3 aromatic carbocycles. The number of nitrogens with zero attached hydrogens (tertiary/aromatic N) is 5. The summed E-state index contributed by atoms with van der Waals surface area (Å²) in [5.74, 6) is -1.88. The predicted octanol–water partition coefficient (Wildman–Crippen LogP) is 3.68. The standard InChI is InChI=1S/C26H20Cl2N8O3/c27-19-2-1-3-20(28)23(19)24(37)33-21(25(38)39)12-15-4-10-18(11-5-15)36-13-22(34-35-36)16-6-8-17(9-7-16)32-26(30)31-14-29/h1-11,13,21H,12H2,(H,33,37)(H,38,39)(H3,30,31,32)/t21-/m0/s1. The number of carbonyl (C=O) groups excluding carboxylic acids is 1. The number of aliphatic carboxylic acids is 1. The van der Waals surface area contributed by atoms with E-state index in [1.807, 2.05) is 0 Å². The van der Waals surface area contributed by atoms with Crippen molar-refractivity contribution in [1.29, 1.82) is 5.26 Å². The monoisotopic (exact) mass is 562 g/mol. The molecule has 1 heterocycles. The molecule has 196 valence electrons. The Balaban J connectivity index is 1.44. The van der Waals surface area contributed by atoms with E-state index in [0.717, 1.165) is 5.56 Å². The smallest absolute Gasteiger partial charge is 0.326 e. The summed E-state index contributed by atoms with van der Waals surface area (Å²) in [7, 11) is 0. The van der Waals surface area contributed by atoms with Gasteiger partial charge in [0.25, 0.3) is 5.91 Å². The van der Waals surface area contributed by atoms with Crippen LogP contribution in [0, 0.1) is 11.5 Å². The van der Waals surface area contributed by atoms with Crippen molar-refractivity contribution in [3.8, 4) is 23.1 Å². The van der Waals surface area contributed by atoms with E-state index in [1.165, 1.54) is 12.1 Å². The lowest BCUT2D eigenvalue weighted by Gasteiger charge is -2.16. The Labute approximate surface area is 232 Å². The second-order valence-electron chi connectivity index (χ2n) is 8.16. The normalized spacial score (nSPS) is 11.9. The molecule has 1 atom stereocenters. The number of rotatable bonds is 8. The van der Waals surface area contributed by atoms with Crippen LogP contribution in [-0.2, 0) is 11.2 Å². The van der Waals surface area contributed by atoms with Crippen LogP contribution in [0.5, 0.6) is 0 Å². The molecule has 0 unspecified atom stereocenters. The van der Waals surface area contributed by atoms with Gasteiger partial charge in [-0.1, -0.05) is 58.7 Å². The van der Waals surface area contributed by atoms with E-state index in [2.05, 4.69) is 25.9 Å². The minimum Gasteiger partial charge on any atom is -0.480 e. The number of aliphatic imine (C=N–C) groups is 1. The first kappa shape index (κ1) is 27.1. The van der Waals surface area contributed by atoms with Crippen LogP contribution in [0.1, 0.15) is 15.9 Å². The largest absolute Gasteiger partial charge is 0.480 e. The first-order chi connectivity index (χ1) is 18.7. The van der Waals surface area contributed by atoms with E-state index in [4.69, 9.17) is 34.2 Å². The number of nitrogens with one attached hydrogen (secondary N) is 2. The maximum atomic E-state index is 12.7. The molecule has 4 aromatic rings. The van der Waals surface area contributed by atoms with E-state index >= 15 is 0 Å². The average molecular weight is 563 g/mol. The minimum absolute atomic E-state index is 0.0123. The van der Waals surface area contributed by atoms with E-state index in [9.17, 15) is 14.7 Å². The van der Waals surface area contributed by atoms with Crippen LogP contribution in [-0.4, -0.2) is 44.0 Å². The Kier molecular flexibility index (Phi) is 8.40. The summed E-state index contributed by atoms with van der Waals surface area (Å²) in [4.78, 5) is 28.6. The number of nitrogens with two attached hydrogens (primary N) is 1. The third kappa shape index (κ3) is 6.70. The molecule has 0 bridgehead atoms. The number of carboxylic acid groups (broad SMARTS) is 1. The van der Waals surface area contributed by atoms with Crippen LogP contribution in [0.2, 0.25) is 10.0 Å². The van der Waals surface area contributed by atoms with Crippen molar-refractivity contribution in [1.82, 2.24) is 25.6 Å². The van der Waals surface area contributed by atoms with Crippen LogP contribution < -0.4 is 16.4 Å². The molecule has 0 aliphatic heterocycles. The summed E-state index contributed by atoms with van der Waals surface area (Å²) in [5, 5.41) is 31.6. The highest BCUT2D eigenvalue weighted by Crippen LogP contribution is 2.25. The molecule has 0 fully saturated rings. The number of carboxylic acids is 1. The van der Waals surface area contributed by atoms with Crippen LogP contribution in [0.4, 0.5) is 5.69 Å². The van der Waals surface area contributed by atoms with Gasteiger partial charge in [-0.05, 0) is 42.0 Å². The van der Waals surface area contributed by atoms with E-state index in [0.29, 0.717) is 22.6 Å². The zero-order valence-corrected chi connectivity index (χ0v) is 21.6. The van der Waals surface area contributed by atoms with Crippen molar-refractivity contribution in [3.05, 3.63) is 94.1 Å². The van der Waals surface area contributed by atoms with Gasteiger partial charge in [-0.25, -0.2) is 14.5 Å². The Bertz CT molecular complexity index is 1560. The number of amides is 1. The SMILES string of the molecule is N#CNC(N)=Nc1ccc(-c2cn(-c3ccc(C[C@H](NC(=O)c4c(Cl)cccc4Cl)C(=O)O)cc3)nn2)cc1. The van der Waals surface area contributed by atoms with Gasteiger partial charge < -0.3 is 16.2 Å². The second-order valence-corrected chi connectivity index (χ2v) is 8.97. The fourth-order valence-corrected chi connectivity index (χ4v) is 4.19. The highest BCUT2D eigenvalue weighted by molar-refractivity contribution is 6.39. The van der Waals surface area contributed by atoms with Crippen molar-refractivity contribution >= 4 is 46.7 Å². The van der Waals surface area contributed by atoms with E-state index in [1.54, 1.807) is 71.7 Å². The number of hydrogen-bond donors (Lipinski definition) is 4. The molecule has 0 saturated heterocycles. The molecule has 0 spiro atoms.